The van der Waals surface area contributed by atoms with E-state index >= 15 is 0 Å². The number of carboxylic acids is 1. The minimum atomic E-state index is -0.825. The smallest absolute Gasteiger partial charge is 0.410 e. The zero-order valence-corrected chi connectivity index (χ0v) is 14.7. The third kappa shape index (κ3) is 5.09. The van der Waals surface area contributed by atoms with Gasteiger partial charge in [-0.15, -0.1) is 0 Å². The predicted octanol–water partition coefficient (Wildman–Crippen LogP) is 2.43. The number of rotatable bonds is 2. The van der Waals surface area contributed by atoms with E-state index in [1.165, 1.54) is 0 Å². The Labute approximate surface area is 138 Å². The van der Waals surface area contributed by atoms with Crippen LogP contribution < -0.4 is 0 Å². The second-order valence-corrected chi connectivity index (χ2v) is 8.03. The summed E-state index contributed by atoms with van der Waals surface area (Å²) < 4.78 is 5.43. The normalized spacial score (nSPS) is 27.7. The molecule has 23 heavy (non-hydrogen) atoms. The Bertz CT molecular complexity index is 438. The molecule has 1 amide bonds. The fourth-order valence-corrected chi connectivity index (χ4v) is 3.39. The van der Waals surface area contributed by atoms with E-state index in [2.05, 4.69) is 11.8 Å². The van der Waals surface area contributed by atoms with Crippen molar-refractivity contribution >= 4 is 12.1 Å². The molecule has 0 unspecified atom stereocenters. The van der Waals surface area contributed by atoms with Crippen LogP contribution in [0.25, 0.3) is 0 Å². The highest BCUT2D eigenvalue weighted by Gasteiger charge is 2.38. The topological polar surface area (TPSA) is 70.1 Å². The second kappa shape index (κ2) is 7.07. The van der Waals surface area contributed by atoms with Gasteiger partial charge in [0.1, 0.15) is 5.60 Å². The molecule has 0 spiro atoms. The second-order valence-electron chi connectivity index (χ2n) is 8.03. The van der Waals surface area contributed by atoms with Crippen molar-refractivity contribution in [1.82, 2.24) is 9.80 Å². The minimum Gasteiger partial charge on any atom is -0.481 e. The number of aliphatic carboxylic acids is 1. The summed E-state index contributed by atoms with van der Waals surface area (Å²) in [7, 11) is 0. The van der Waals surface area contributed by atoms with E-state index in [1.807, 2.05) is 20.8 Å². The summed E-state index contributed by atoms with van der Waals surface area (Å²) >= 11 is 0. The molecule has 0 aromatic heterocycles. The molecular weight excluding hydrogens is 296 g/mol. The largest absolute Gasteiger partial charge is 0.481 e. The van der Waals surface area contributed by atoms with Crippen LogP contribution in [-0.2, 0) is 9.53 Å². The zero-order valence-electron chi connectivity index (χ0n) is 14.7. The summed E-state index contributed by atoms with van der Waals surface area (Å²) in [6.45, 7) is 10.5. The number of piperidine rings is 2. The monoisotopic (exact) mass is 326 g/mol. The molecule has 0 bridgehead atoms. The average molecular weight is 326 g/mol. The first-order valence-corrected chi connectivity index (χ1v) is 8.60. The van der Waals surface area contributed by atoms with Crippen LogP contribution in [0.1, 0.15) is 47.0 Å². The first-order chi connectivity index (χ1) is 10.7. The van der Waals surface area contributed by atoms with Gasteiger partial charge in [0, 0.05) is 19.1 Å². The Morgan fingerprint density at radius 3 is 2.26 bits per heavy atom. The Morgan fingerprint density at radius 1 is 1.13 bits per heavy atom. The van der Waals surface area contributed by atoms with Gasteiger partial charge in [-0.1, -0.05) is 6.92 Å². The number of hydrogen-bond donors (Lipinski definition) is 1. The first-order valence-electron chi connectivity index (χ1n) is 8.60. The molecule has 6 nitrogen and oxygen atoms in total. The van der Waals surface area contributed by atoms with E-state index in [1.54, 1.807) is 4.90 Å². The lowest BCUT2D eigenvalue weighted by Crippen LogP contribution is -2.56. The highest BCUT2D eigenvalue weighted by atomic mass is 16.6. The summed E-state index contributed by atoms with van der Waals surface area (Å²) in [5.74, 6) is -0.610. The van der Waals surface area contributed by atoms with Crippen LogP contribution in [-0.4, -0.2) is 64.8 Å². The van der Waals surface area contributed by atoms with Gasteiger partial charge >= 0.3 is 12.1 Å². The molecule has 2 heterocycles. The number of carbonyl (C=O) groups excluding carboxylic acids is 1. The number of carbonyl (C=O) groups is 2. The number of amides is 1. The van der Waals surface area contributed by atoms with Gasteiger partial charge in [0.2, 0.25) is 0 Å². The fraction of sp³-hybridized carbons (Fsp3) is 0.882. The quantitative estimate of drug-likeness (QED) is 0.844. The Morgan fingerprint density at radius 2 is 1.74 bits per heavy atom. The maximum Gasteiger partial charge on any atom is 0.410 e. The van der Waals surface area contributed by atoms with Crippen molar-refractivity contribution in [2.75, 3.05) is 26.2 Å². The third-order valence-electron chi connectivity index (χ3n) is 4.76. The Hall–Kier alpha value is -1.30. The highest BCUT2D eigenvalue weighted by molar-refractivity contribution is 5.73. The van der Waals surface area contributed by atoms with Crippen molar-refractivity contribution in [1.29, 1.82) is 0 Å². The van der Waals surface area contributed by atoms with Gasteiger partial charge in [-0.2, -0.15) is 0 Å². The number of carboxylic acid groups (broad SMARTS) is 1. The summed E-state index contributed by atoms with van der Waals surface area (Å²) in [5, 5.41) is 9.43. The van der Waals surface area contributed by atoms with Gasteiger partial charge in [-0.25, -0.2) is 4.79 Å². The van der Waals surface area contributed by atoms with E-state index in [0.29, 0.717) is 13.0 Å². The number of nitrogens with zero attached hydrogens (tertiary/aromatic N) is 2. The molecule has 2 fully saturated rings. The minimum absolute atomic E-state index is 0.116. The standard InChI is InChI=1S/C17H30N2O4/c1-12-5-7-18(8-6-12)14-9-13(15(20)21)10-19(11-14)16(22)23-17(2,3)4/h12-14H,5-11H2,1-4H3,(H,20,21)/t13-,14+/m1/s1. The van der Waals surface area contributed by atoms with Gasteiger partial charge in [0.05, 0.1) is 5.92 Å². The number of ether oxygens (including phenoxy) is 1. The molecule has 2 saturated heterocycles. The molecule has 0 aromatic carbocycles. The molecule has 0 aromatic rings. The lowest BCUT2D eigenvalue weighted by molar-refractivity contribution is -0.144. The molecule has 0 saturated carbocycles. The molecule has 1 N–H and O–H groups in total. The van der Waals surface area contributed by atoms with Gasteiger partial charge in [-0.05, 0) is 59.0 Å². The molecule has 2 aliphatic heterocycles. The van der Waals surface area contributed by atoms with E-state index < -0.39 is 23.6 Å². The van der Waals surface area contributed by atoms with Crippen molar-refractivity contribution in [3.8, 4) is 0 Å². The predicted molar refractivity (Wildman–Crippen MR) is 87.3 cm³/mol. The molecule has 2 rings (SSSR count). The first kappa shape index (κ1) is 18.0. The fourth-order valence-electron chi connectivity index (χ4n) is 3.39. The van der Waals surface area contributed by atoms with E-state index in [4.69, 9.17) is 4.74 Å². The van der Waals surface area contributed by atoms with Crippen LogP contribution in [0.15, 0.2) is 0 Å². The molecule has 0 radical (unpaired) electrons. The highest BCUT2D eigenvalue weighted by Crippen LogP contribution is 2.26. The Kier molecular flexibility index (Phi) is 5.55. The van der Waals surface area contributed by atoms with Crippen LogP contribution >= 0.6 is 0 Å². The van der Waals surface area contributed by atoms with E-state index in [9.17, 15) is 14.7 Å². The summed E-state index contributed by atoms with van der Waals surface area (Å²) in [6, 6.07) is 0.116. The van der Waals surface area contributed by atoms with Crippen LogP contribution in [0.2, 0.25) is 0 Å². The summed E-state index contributed by atoms with van der Waals surface area (Å²) in [5.41, 5.74) is -0.566. The molecule has 132 valence electrons. The molecular formula is C17H30N2O4. The van der Waals surface area contributed by atoms with Crippen molar-refractivity contribution in [2.45, 2.75) is 58.6 Å². The van der Waals surface area contributed by atoms with Crippen molar-refractivity contribution in [2.24, 2.45) is 11.8 Å². The van der Waals surface area contributed by atoms with Crippen molar-refractivity contribution < 1.29 is 19.4 Å². The maximum absolute atomic E-state index is 12.4. The zero-order chi connectivity index (χ0) is 17.2. The molecule has 2 atom stereocenters. The molecule has 6 heteroatoms. The molecule has 2 aliphatic rings. The van der Waals surface area contributed by atoms with E-state index in [-0.39, 0.29) is 12.6 Å². The van der Waals surface area contributed by atoms with Crippen LogP contribution in [0.5, 0.6) is 0 Å². The van der Waals surface area contributed by atoms with Gasteiger partial charge in [0.15, 0.2) is 0 Å². The SMILES string of the molecule is CC1CCN([C@H]2C[C@@H](C(=O)O)CN(C(=O)OC(C)(C)C)C2)CC1. The average Bonchev–Trinajstić information content (AvgIpc) is 2.45. The third-order valence-corrected chi connectivity index (χ3v) is 4.76. The van der Waals surface area contributed by atoms with Crippen molar-refractivity contribution in [3.05, 3.63) is 0 Å². The van der Waals surface area contributed by atoms with Crippen LogP contribution in [0, 0.1) is 11.8 Å². The Balaban J connectivity index is 2.05. The van der Waals surface area contributed by atoms with Gasteiger partial charge < -0.3 is 14.7 Å². The summed E-state index contributed by atoms with van der Waals surface area (Å²) in [4.78, 5) is 27.8. The maximum atomic E-state index is 12.4. The lowest BCUT2D eigenvalue weighted by Gasteiger charge is -2.43. The van der Waals surface area contributed by atoms with Crippen LogP contribution in [0.3, 0.4) is 0 Å². The lowest BCUT2D eigenvalue weighted by atomic mass is 9.90. The molecule has 0 aliphatic carbocycles. The number of likely N-dealkylation sites (tertiary alicyclic amines) is 2. The van der Waals surface area contributed by atoms with Gasteiger partial charge in [0.25, 0.3) is 0 Å². The van der Waals surface area contributed by atoms with Crippen molar-refractivity contribution in [3.63, 3.8) is 0 Å². The van der Waals surface area contributed by atoms with Crippen LogP contribution in [0.4, 0.5) is 4.79 Å². The summed E-state index contributed by atoms with van der Waals surface area (Å²) in [6.07, 6.45) is 2.49. The van der Waals surface area contributed by atoms with E-state index in [0.717, 1.165) is 31.8 Å². The van der Waals surface area contributed by atoms with Gasteiger partial charge in [-0.3, -0.25) is 9.69 Å². The number of hydrogen-bond acceptors (Lipinski definition) is 4.